The average molecular weight is 262 g/mol. The molecular weight excluding hydrogens is 243 g/mol. The maximum absolute atomic E-state index is 10.2. The Hall–Kier alpha value is 1.26. The molecule has 0 aromatic heterocycles. The fourth-order valence-electron chi connectivity index (χ4n) is 1.22. The van der Waals surface area contributed by atoms with Gasteiger partial charge in [-0.05, 0) is 17.2 Å². The number of hydrogen-bond acceptors (Lipinski definition) is 4. The topological polar surface area (TPSA) is 57.2 Å². The van der Waals surface area contributed by atoms with Crippen molar-refractivity contribution in [2.24, 2.45) is 0 Å². The van der Waals surface area contributed by atoms with Crippen LogP contribution in [0, 0.1) is 0 Å². The maximum atomic E-state index is 10.2. The van der Waals surface area contributed by atoms with E-state index in [1.54, 1.807) is 0 Å². The molecule has 6 heteroatoms. The Kier molecular flexibility index (Phi) is 14.6. The van der Waals surface area contributed by atoms with E-state index < -0.39 is 9.15 Å². The summed E-state index contributed by atoms with van der Waals surface area (Å²) < 4.78 is 30.6. The zero-order valence-electron chi connectivity index (χ0n) is 9.70. The number of unbranched alkanes of at least 4 members (excludes halogenated alkanes) is 6. The Morgan fingerprint density at radius 3 is 1.93 bits per heavy atom. The Bertz CT molecular complexity index is 217. The molecule has 0 spiro atoms. The van der Waals surface area contributed by atoms with E-state index in [2.05, 4.69) is 6.92 Å². The van der Waals surface area contributed by atoms with Crippen molar-refractivity contribution in [2.75, 3.05) is 5.75 Å². The van der Waals surface area contributed by atoms with Gasteiger partial charge in [0.05, 0.1) is 0 Å². The van der Waals surface area contributed by atoms with Crippen LogP contribution in [0.1, 0.15) is 51.9 Å². The van der Waals surface area contributed by atoms with Gasteiger partial charge in [0.1, 0.15) is 9.15 Å². The van der Waals surface area contributed by atoms with Crippen LogP contribution >= 0.6 is 10.8 Å². The Balaban J connectivity index is 0. The van der Waals surface area contributed by atoms with Gasteiger partial charge in [-0.1, -0.05) is 45.4 Å². The van der Waals surface area contributed by atoms with Crippen LogP contribution in [0.25, 0.3) is 0 Å². The van der Waals surface area contributed by atoms with Crippen LogP contribution < -0.4 is 29.6 Å². The third-order valence-electron chi connectivity index (χ3n) is 1.98. The quantitative estimate of drug-likeness (QED) is 0.253. The Labute approximate surface area is 119 Å². The van der Waals surface area contributed by atoms with E-state index in [1.807, 2.05) is 0 Å². The second-order valence-corrected chi connectivity index (χ2v) is 6.74. The van der Waals surface area contributed by atoms with Crippen molar-refractivity contribution in [1.82, 2.24) is 0 Å². The van der Waals surface area contributed by atoms with Crippen molar-refractivity contribution >= 4 is 19.9 Å². The molecule has 0 saturated carbocycles. The van der Waals surface area contributed by atoms with Gasteiger partial charge in [-0.25, -0.2) is 8.42 Å². The zero-order valence-corrected chi connectivity index (χ0v) is 13.3. The third kappa shape index (κ3) is 17.9. The van der Waals surface area contributed by atoms with Gasteiger partial charge in [0.25, 0.3) is 0 Å². The molecule has 0 saturated heterocycles. The van der Waals surface area contributed by atoms with Crippen LogP contribution in [-0.4, -0.2) is 18.7 Å². The maximum Gasteiger partial charge on any atom is 1.00 e. The molecule has 0 rings (SSSR count). The summed E-state index contributed by atoms with van der Waals surface area (Å²) in [5.74, 6) is 0.444. The Morgan fingerprint density at radius 2 is 1.47 bits per heavy atom. The first kappa shape index (κ1) is 18.6. The minimum Gasteiger partial charge on any atom is -0.739 e. The molecule has 0 aliphatic carbocycles. The third-order valence-corrected chi connectivity index (χ3v) is 4.09. The molecule has 86 valence electrons. The minimum absolute atomic E-state index is 0. The summed E-state index contributed by atoms with van der Waals surface area (Å²) in [6.07, 6.45) is 8.03. The van der Waals surface area contributed by atoms with Gasteiger partial charge in [-0.3, -0.25) is 0 Å². The molecule has 0 aliphatic heterocycles. The molecule has 0 radical (unpaired) electrons. The summed E-state index contributed by atoms with van der Waals surface area (Å²) in [4.78, 5) is 0. The van der Waals surface area contributed by atoms with Gasteiger partial charge in [-0.15, -0.1) is 0 Å². The van der Waals surface area contributed by atoms with E-state index in [0.717, 1.165) is 19.3 Å². The SMILES string of the molecule is CCCCCCCCCSS(=O)(=O)[O-].[Na+]. The average Bonchev–Trinajstić information content (AvgIpc) is 2.08. The normalized spacial score (nSPS) is 11.1. The minimum atomic E-state index is -4.06. The van der Waals surface area contributed by atoms with Crippen molar-refractivity contribution < 1.29 is 42.5 Å². The molecule has 0 unspecified atom stereocenters. The molecule has 0 N–H and O–H groups in total. The number of rotatable bonds is 9. The van der Waals surface area contributed by atoms with Crippen molar-refractivity contribution in [1.29, 1.82) is 0 Å². The number of hydrogen-bond donors (Lipinski definition) is 0. The predicted octanol–water partition coefficient (Wildman–Crippen LogP) is -0.0656. The first-order chi connectivity index (χ1) is 6.56. The fraction of sp³-hybridized carbons (Fsp3) is 1.00. The molecule has 0 fully saturated rings. The smallest absolute Gasteiger partial charge is 0.739 e. The van der Waals surface area contributed by atoms with Gasteiger partial charge in [0, 0.05) is 5.75 Å². The summed E-state index contributed by atoms with van der Waals surface area (Å²) in [6, 6.07) is 0. The first-order valence-electron chi connectivity index (χ1n) is 5.16. The largest absolute Gasteiger partial charge is 1.00 e. The molecule has 0 amide bonds. The zero-order chi connectivity index (χ0) is 10.9. The summed E-state index contributed by atoms with van der Waals surface area (Å²) in [5, 5.41) is 0. The van der Waals surface area contributed by atoms with E-state index in [0.29, 0.717) is 16.5 Å². The summed E-state index contributed by atoms with van der Waals surface area (Å²) in [6.45, 7) is 2.18. The predicted molar refractivity (Wildman–Crippen MR) is 60.1 cm³/mol. The Morgan fingerprint density at radius 1 is 1.00 bits per heavy atom. The molecule has 15 heavy (non-hydrogen) atoms. The van der Waals surface area contributed by atoms with Gasteiger partial charge in [0.15, 0.2) is 0 Å². The summed E-state index contributed by atoms with van der Waals surface area (Å²) in [5.41, 5.74) is 0. The van der Waals surface area contributed by atoms with Crippen molar-refractivity contribution in [2.45, 2.75) is 51.9 Å². The van der Waals surface area contributed by atoms with Crippen LogP contribution in [0.5, 0.6) is 0 Å². The van der Waals surface area contributed by atoms with Gasteiger partial charge < -0.3 is 4.55 Å². The van der Waals surface area contributed by atoms with Gasteiger partial charge in [-0.2, -0.15) is 0 Å². The van der Waals surface area contributed by atoms with Crippen molar-refractivity contribution in [3.05, 3.63) is 0 Å². The van der Waals surface area contributed by atoms with Crippen LogP contribution in [0.2, 0.25) is 0 Å². The molecule has 0 bridgehead atoms. The van der Waals surface area contributed by atoms with Gasteiger partial charge >= 0.3 is 29.6 Å². The second kappa shape index (κ2) is 11.7. The standard InChI is InChI=1S/C9H20O3S2.Na/c1-2-3-4-5-6-7-8-9-13-14(10,11)12;/h2-9H2,1H3,(H,10,11,12);/q;+1/p-1. The van der Waals surface area contributed by atoms with Crippen molar-refractivity contribution in [3.63, 3.8) is 0 Å². The molecule has 0 atom stereocenters. The van der Waals surface area contributed by atoms with E-state index >= 15 is 0 Å². The van der Waals surface area contributed by atoms with Crippen LogP contribution in [0.4, 0.5) is 0 Å². The van der Waals surface area contributed by atoms with E-state index in [-0.39, 0.29) is 29.6 Å². The summed E-state index contributed by atoms with van der Waals surface area (Å²) in [7, 11) is -3.54. The molecule has 0 aromatic rings. The van der Waals surface area contributed by atoms with Crippen LogP contribution in [-0.2, 0) is 9.15 Å². The molecule has 3 nitrogen and oxygen atoms in total. The van der Waals surface area contributed by atoms with Crippen LogP contribution in [0.3, 0.4) is 0 Å². The van der Waals surface area contributed by atoms with Crippen molar-refractivity contribution in [3.8, 4) is 0 Å². The van der Waals surface area contributed by atoms with E-state index in [9.17, 15) is 13.0 Å². The molecule has 0 aliphatic rings. The van der Waals surface area contributed by atoms with Crippen LogP contribution in [0.15, 0.2) is 0 Å². The van der Waals surface area contributed by atoms with Gasteiger partial charge in [0.2, 0.25) is 0 Å². The summed E-state index contributed by atoms with van der Waals surface area (Å²) >= 11 is 0. The first-order valence-corrected chi connectivity index (χ1v) is 8.07. The van der Waals surface area contributed by atoms with E-state index in [1.165, 1.54) is 25.7 Å². The fourth-order valence-corrected chi connectivity index (χ4v) is 2.71. The monoisotopic (exact) mass is 262 g/mol. The molecule has 0 heterocycles. The molecular formula is C9H19NaO3S2. The molecule has 0 aromatic carbocycles. The van der Waals surface area contributed by atoms with E-state index in [4.69, 9.17) is 0 Å². The second-order valence-electron chi connectivity index (χ2n) is 3.35.